The van der Waals surface area contributed by atoms with Crippen LogP contribution in [0.5, 0.6) is 0 Å². The molecule has 1 aromatic heterocycles. The lowest BCUT2D eigenvalue weighted by atomic mass is 10.1. The Labute approximate surface area is 126 Å². The van der Waals surface area contributed by atoms with Crippen molar-refractivity contribution in [3.05, 3.63) is 51.8 Å². The van der Waals surface area contributed by atoms with Crippen LogP contribution in [-0.2, 0) is 26.1 Å². The first-order valence-corrected chi connectivity index (χ1v) is 7.54. The van der Waals surface area contributed by atoms with Gasteiger partial charge in [-0.15, -0.1) is 0 Å². The number of aromatic nitrogens is 2. The van der Waals surface area contributed by atoms with Gasteiger partial charge in [-0.05, 0) is 31.4 Å². The molecule has 0 bridgehead atoms. The molecule has 0 saturated heterocycles. The van der Waals surface area contributed by atoms with E-state index in [1.807, 2.05) is 4.68 Å². The second-order valence-electron chi connectivity index (χ2n) is 4.91. The molecular weight excluding hydrogens is 270 g/mol. The van der Waals surface area contributed by atoms with Gasteiger partial charge in [-0.1, -0.05) is 42.8 Å². The van der Waals surface area contributed by atoms with Gasteiger partial charge >= 0.3 is 0 Å². The highest BCUT2D eigenvalue weighted by Gasteiger charge is 2.13. The molecule has 0 saturated carbocycles. The molecule has 0 amide bonds. The monoisotopic (exact) mass is 291 g/mol. The molecule has 0 aliphatic carbocycles. The van der Waals surface area contributed by atoms with Gasteiger partial charge in [0.1, 0.15) is 0 Å². The Bertz CT molecular complexity index is 575. The first-order valence-electron chi connectivity index (χ1n) is 7.16. The van der Waals surface area contributed by atoms with E-state index in [2.05, 4.69) is 55.5 Å². The highest BCUT2D eigenvalue weighted by Crippen LogP contribution is 2.21. The predicted octanol–water partition coefficient (Wildman–Crippen LogP) is 3.72. The third-order valence-corrected chi connectivity index (χ3v) is 4.00. The number of hydrogen-bond donors (Lipinski definition) is 1. The van der Waals surface area contributed by atoms with Crippen LogP contribution in [0.1, 0.15) is 36.4 Å². The topological polar surface area (TPSA) is 29.9 Å². The van der Waals surface area contributed by atoms with Crippen LogP contribution >= 0.6 is 11.6 Å². The van der Waals surface area contributed by atoms with Crippen LogP contribution in [0.15, 0.2) is 24.3 Å². The molecule has 2 aromatic rings. The van der Waals surface area contributed by atoms with Crippen molar-refractivity contribution in [2.75, 3.05) is 0 Å². The Morgan fingerprint density at radius 1 is 1.20 bits per heavy atom. The van der Waals surface area contributed by atoms with Gasteiger partial charge in [0.15, 0.2) is 0 Å². The molecule has 2 rings (SSSR count). The molecule has 4 heteroatoms. The summed E-state index contributed by atoms with van der Waals surface area (Å²) in [5.41, 5.74) is 4.70. The Morgan fingerprint density at radius 3 is 2.60 bits per heavy atom. The van der Waals surface area contributed by atoms with Crippen molar-refractivity contribution in [2.24, 2.45) is 0 Å². The maximum absolute atomic E-state index is 6.40. The fraction of sp³-hybridized carbons (Fsp3) is 0.438. The van der Waals surface area contributed by atoms with Crippen LogP contribution in [0, 0.1) is 6.92 Å². The van der Waals surface area contributed by atoms with E-state index in [9.17, 15) is 0 Å². The molecule has 1 heterocycles. The second kappa shape index (κ2) is 6.91. The molecule has 0 fully saturated rings. The predicted molar refractivity (Wildman–Crippen MR) is 84.0 cm³/mol. The Kier molecular flexibility index (Phi) is 5.21. The SMILES string of the molecule is CCc1nn(CC)c(CNCc2ccccc2C)c1Cl. The highest BCUT2D eigenvalue weighted by atomic mass is 35.5. The fourth-order valence-electron chi connectivity index (χ4n) is 2.31. The van der Waals surface area contributed by atoms with E-state index in [4.69, 9.17) is 11.6 Å². The van der Waals surface area contributed by atoms with Crippen molar-refractivity contribution in [1.29, 1.82) is 0 Å². The summed E-state index contributed by atoms with van der Waals surface area (Å²) in [4.78, 5) is 0. The third kappa shape index (κ3) is 3.22. The molecule has 1 N–H and O–H groups in total. The Hall–Kier alpha value is -1.32. The standard InChI is InChI=1S/C16H22ClN3/c1-4-14-16(17)15(20(5-2)19-14)11-18-10-13-9-7-6-8-12(13)3/h6-9,18H,4-5,10-11H2,1-3H3. The molecule has 0 aliphatic heterocycles. The van der Waals surface area contributed by atoms with Crippen molar-refractivity contribution in [3.8, 4) is 0 Å². The fourth-order valence-corrected chi connectivity index (χ4v) is 2.65. The van der Waals surface area contributed by atoms with Gasteiger partial charge in [-0.2, -0.15) is 5.10 Å². The molecule has 108 valence electrons. The van der Waals surface area contributed by atoms with E-state index in [0.717, 1.165) is 42.5 Å². The van der Waals surface area contributed by atoms with E-state index < -0.39 is 0 Å². The van der Waals surface area contributed by atoms with E-state index >= 15 is 0 Å². The van der Waals surface area contributed by atoms with E-state index in [0.29, 0.717) is 0 Å². The summed E-state index contributed by atoms with van der Waals surface area (Å²) in [5.74, 6) is 0. The first-order chi connectivity index (χ1) is 9.67. The van der Waals surface area contributed by atoms with Crippen LogP contribution < -0.4 is 5.32 Å². The lowest BCUT2D eigenvalue weighted by molar-refractivity contribution is 0.577. The third-order valence-electron chi connectivity index (χ3n) is 3.56. The zero-order valence-corrected chi connectivity index (χ0v) is 13.2. The summed E-state index contributed by atoms with van der Waals surface area (Å²) >= 11 is 6.40. The van der Waals surface area contributed by atoms with Gasteiger partial charge in [0, 0.05) is 19.6 Å². The number of halogens is 1. The quantitative estimate of drug-likeness (QED) is 0.879. The van der Waals surface area contributed by atoms with Gasteiger partial charge in [-0.3, -0.25) is 4.68 Å². The van der Waals surface area contributed by atoms with Crippen LogP contribution in [0.2, 0.25) is 5.02 Å². The summed E-state index contributed by atoms with van der Waals surface area (Å²) in [6, 6.07) is 8.42. The number of rotatable bonds is 6. The molecule has 3 nitrogen and oxygen atoms in total. The molecule has 0 atom stereocenters. The van der Waals surface area contributed by atoms with Crippen molar-refractivity contribution >= 4 is 11.6 Å². The second-order valence-corrected chi connectivity index (χ2v) is 5.28. The van der Waals surface area contributed by atoms with Gasteiger partial charge in [0.05, 0.1) is 16.4 Å². The van der Waals surface area contributed by atoms with Gasteiger partial charge in [0.25, 0.3) is 0 Å². The molecule has 0 unspecified atom stereocenters. The minimum atomic E-state index is 0.744. The number of benzene rings is 1. The summed E-state index contributed by atoms with van der Waals surface area (Å²) in [6.45, 7) is 8.75. The summed E-state index contributed by atoms with van der Waals surface area (Å²) in [7, 11) is 0. The molecule has 0 spiro atoms. The minimum absolute atomic E-state index is 0.744. The zero-order valence-electron chi connectivity index (χ0n) is 12.4. The summed E-state index contributed by atoms with van der Waals surface area (Å²) in [5, 5.41) is 8.81. The van der Waals surface area contributed by atoms with Crippen LogP contribution in [0.3, 0.4) is 0 Å². The molecular formula is C16H22ClN3. The van der Waals surface area contributed by atoms with Crippen molar-refractivity contribution in [2.45, 2.75) is 46.8 Å². The molecule has 1 aromatic carbocycles. The number of aryl methyl sites for hydroxylation is 3. The van der Waals surface area contributed by atoms with Gasteiger partial charge in [0.2, 0.25) is 0 Å². The maximum Gasteiger partial charge on any atom is 0.0863 e. The van der Waals surface area contributed by atoms with Gasteiger partial charge in [-0.25, -0.2) is 0 Å². The summed E-state index contributed by atoms with van der Waals surface area (Å²) < 4.78 is 1.99. The van der Waals surface area contributed by atoms with E-state index in [1.54, 1.807) is 0 Å². The highest BCUT2D eigenvalue weighted by molar-refractivity contribution is 6.31. The summed E-state index contributed by atoms with van der Waals surface area (Å²) in [6.07, 6.45) is 0.872. The average Bonchev–Trinajstić information content (AvgIpc) is 2.77. The number of nitrogens with zero attached hydrogens (tertiary/aromatic N) is 2. The molecule has 0 aliphatic rings. The minimum Gasteiger partial charge on any atom is -0.307 e. The lowest BCUT2D eigenvalue weighted by Gasteiger charge is -2.09. The van der Waals surface area contributed by atoms with Crippen LogP contribution in [0.4, 0.5) is 0 Å². The Balaban J connectivity index is 2.04. The molecule has 20 heavy (non-hydrogen) atoms. The number of nitrogens with one attached hydrogen (secondary N) is 1. The Morgan fingerprint density at radius 2 is 1.95 bits per heavy atom. The largest absolute Gasteiger partial charge is 0.307 e. The zero-order chi connectivity index (χ0) is 14.5. The first kappa shape index (κ1) is 15.1. The maximum atomic E-state index is 6.40. The number of hydrogen-bond acceptors (Lipinski definition) is 2. The van der Waals surface area contributed by atoms with Crippen molar-refractivity contribution < 1.29 is 0 Å². The van der Waals surface area contributed by atoms with E-state index in [-0.39, 0.29) is 0 Å². The van der Waals surface area contributed by atoms with Crippen LogP contribution in [0.25, 0.3) is 0 Å². The molecule has 0 radical (unpaired) electrons. The average molecular weight is 292 g/mol. The van der Waals surface area contributed by atoms with Crippen molar-refractivity contribution in [1.82, 2.24) is 15.1 Å². The van der Waals surface area contributed by atoms with Gasteiger partial charge < -0.3 is 5.32 Å². The van der Waals surface area contributed by atoms with Crippen molar-refractivity contribution in [3.63, 3.8) is 0 Å². The lowest BCUT2D eigenvalue weighted by Crippen LogP contribution is -2.17. The van der Waals surface area contributed by atoms with E-state index in [1.165, 1.54) is 11.1 Å². The van der Waals surface area contributed by atoms with Crippen LogP contribution in [-0.4, -0.2) is 9.78 Å². The normalized spacial score (nSPS) is 11.0. The smallest absolute Gasteiger partial charge is 0.0863 e.